The second kappa shape index (κ2) is 4.85. The minimum atomic E-state index is -0.982. The third-order valence-electron chi connectivity index (χ3n) is 3.19. The Balaban J connectivity index is 1.80. The summed E-state index contributed by atoms with van der Waals surface area (Å²) < 4.78 is 0. The number of benzene rings is 1. The second-order valence-corrected chi connectivity index (χ2v) is 4.58. The van der Waals surface area contributed by atoms with Gasteiger partial charge in [-0.25, -0.2) is 9.59 Å². The lowest BCUT2D eigenvalue weighted by Gasteiger charge is -2.16. The summed E-state index contributed by atoms with van der Waals surface area (Å²) in [6.45, 7) is 0.477. The standard InChI is InChI=1S/C12H12N6O3/c1-17-15-11(14-16-17)13-12(21)18-5-4-7-6-8(10(19)20)2-3-9(7)18/h2-3,6H,4-5H2,1H3,(H,19,20)(H,13,15,21). The average molecular weight is 288 g/mol. The normalized spacial score (nSPS) is 13.1. The number of hydrogen-bond donors (Lipinski definition) is 2. The van der Waals surface area contributed by atoms with E-state index in [1.807, 2.05) is 0 Å². The number of carboxylic acids is 1. The highest BCUT2D eigenvalue weighted by molar-refractivity contribution is 6.02. The molecule has 0 saturated carbocycles. The summed E-state index contributed by atoms with van der Waals surface area (Å²) in [5.74, 6) is -0.859. The molecular weight excluding hydrogens is 276 g/mol. The number of tetrazole rings is 1. The van der Waals surface area contributed by atoms with Crippen molar-refractivity contribution in [3.63, 3.8) is 0 Å². The molecule has 1 aliphatic heterocycles. The first kappa shape index (κ1) is 13.0. The number of aromatic carboxylic acids is 1. The summed E-state index contributed by atoms with van der Waals surface area (Å²) in [4.78, 5) is 25.9. The molecule has 0 radical (unpaired) electrons. The first-order chi connectivity index (χ1) is 10.0. The molecule has 2 amide bonds. The van der Waals surface area contributed by atoms with Crippen molar-refractivity contribution in [1.29, 1.82) is 0 Å². The van der Waals surface area contributed by atoms with Crippen LogP contribution < -0.4 is 10.2 Å². The van der Waals surface area contributed by atoms with Crippen LogP contribution in [0, 0.1) is 0 Å². The summed E-state index contributed by atoms with van der Waals surface area (Å²) in [5.41, 5.74) is 1.74. The van der Waals surface area contributed by atoms with Gasteiger partial charge in [0.15, 0.2) is 0 Å². The minimum Gasteiger partial charge on any atom is -0.478 e. The lowest BCUT2D eigenvalue weighted by Crippen LogP contribution is -2.33. The van der Waals surface area contributed by atoms with Gasteiger partial charge in [-0.3, -0.25) is 10.2 Å². The van der Waals surface area contributed by atoms with Gasteiger partial charge in [-0.15, -0.1) is 5.10 Å². The second-order valence-electron chi connectivity index (χ2n) is 4.58. The van der Waals surface area contributed by atoms with Crippen LogP contribution in [-0.2, 0) is 13.5 Å². The maximum absolute atomic E-state index is 12.2. The minimum absolute atomic E-state index is 0.123. The van der Waals surface area contributed by atoms with Gasteiger partial charge in [0.05, 0.1) is 12.6 Å². The van der Waals surface area contributed by atoms with E-state index in [9.17, 15) is 9.59 Å². The van der Waals surface area contributed by atoms with Crippen LogP contribution >= 0.6 is 0 Å². The van der Waals surface area contributed by atoms with Crippen molar-refractivity contribution in [2.75, 3.05) is 16.8 Å². The van der Waals surface area contributed by atoms with E-state index in [-0.39, 0.29) is 17.5 Å². The zero-order valence-electron chi connectivity index (χ0n) is 11.1. The van der Waals surface area contributed by atoms with Gasteiger partial charge >= 0.3 is 12.0 Å². The van der Waals surface area contributed by atoms with Gasteiger partial charge < -0.3 is 5.11 Å². The number of fused-ring (bicyclic) bond motifs is 1. The number of anilines is 2. The predicted octanol–water partition coefficient (Wildman–Crippen LogP) is 0.503. The number of nitrogens with one attached hydrogen (secondary N) is 1. The number of carbonyl (C=O) groups is 2. The number of aromatic nitrogens is 4. The molecule has 2 heterocycles. The van der Waals surface area contributed by atoms with Crippen molar-refractivity contribution in [3.8, 4) is 0 Å². The molecule has 0 aliphatic carbocycles. The Labute approximate surface area is 119 Å². The van der Waals surface area contributed by atoms with Gasteiger partial charge in [0.2, 0.25) is 0 Å². The SMILES string of the molecule is Cn1nnc(NC(=O)N2CCc3cc(C(=O)O)ccc32)n1. The van der Waals surface area contributed by atoms with Crippen LogP contribution in [0.4, 0.5) is 16.4 Å². The van der Waals surface area contributed by atoms with E-state index >= 15 is 0 Å². The van der Waals surface area contributed by atoms with Crippen LogP contribution in [0.15, 0.2) is 18.2 Å². The number of rotatable bonds is 2. The van der Waals surface area contributed by atoms with Crippen LogP contribution in [0.3, 0.4) is 0 Å². The van der Waals surface area contributed by atoms with Crippen LogP contribution in [0.5, 0.6) is 0 Å². The average Bonchev–Trinajstić information content (AvgIpc) is 3.04. The fourth-order valence-electron chi connectivity index (χ4n) is 2.24. The zero-order valence-corrected chi connectivity index (χ0v) is 11.1. The molecule has 9 nitrogen and oxygen atoms in total. The number of hydrogen-bond acceptors (Lipinski definition) is 5. The zero-order chi connectivity index (χ0) is 15.0. The van der Waals surface area contributed by atoms with Crippen LogP contribution in [0.2, 0.25) is 0 Å². The topological polar surface area (TPSA) is 113 Å². The number of urea groups is 1. The molecule has 2 aromatic rings. The molecule has 2 N–H and O–H groups in total. The van der Waals surface area contributed by atoms with Crippen molar-refractivity contribution in [3.05, 3.63) is 29.3 Å². The Morgan fingerprint density at radius 3 is 2.86 bits per heavy atom. The van der Waals surface area contributed by atoms with Crippen LogP contribution in [0.25, 0.3) is 0 Å². The van der Waals surface area contributed by atoms with Crippen molar-refractivity contribution in [1.82, 2.24) is 20.2 Å². The maximum atomic E-state index is 12.2. The molecule has 0 bridgehead atoms. The highest BCUT2D eigenvalue weighted by Crippen LogP contribution is 2.29. The number of amides is 2. The molecule has 0 atom stereocenters. The molecule has 0 spiro atoms. The van der Waals surface area contributed by atoms with E-state index in [1.54, 1.807) is 19.2 Å². The van der Waals surface area contributed by atoms with Gasteiger partial charge in [-0.05, 0) is 35.4 Å². The van der Waals surface area contributed by atoms with E-state index in [1.165, 1.54) is 15.8 Å². The maximum Gasteiger partial charge on any atom is 0.335 e. The molecular formula is C12H12N6O3. The van der Waals surface area contributed by atoms with Crippen molar-refractivity contribution >= 4 is 23.6 Å². The summed E-state index contributed by atoms with van der Waals surface area (Å²) in [6, 6.07) is 4.33. The van der Waals surface area contributed by atoms with Gasteiger partial charge in [-0.1, -0.05) is 5.10 Å². The van der Waals surface area contributed by atoms with E-state index in [4.69, 9.17) is 5.11 Å². The predicted molar refractivity (Wildman–Crippen MR) is 72.3 cm³/mol. The molecule has 21 heavy (non-hydrogen) atoms. The van der Waals surface area contributed by atoms with Crippen molar-refractivity contribution in [2.45, 2.75) is 6.42 Å². The van der Waals surface area contributed by atoms with E-state index in [2.05, 4.69) is 20.7 Å². The van der Waals surface area contributed by atoms with Crippen LogP contribution in [0.1, 0.15) is 15.9 Å². The number of carboxylic acid groups (broad SMARTS) is 1. The fraction of sp³-hybridized carbons (Fsp3) is 0.250. The molecule has 0 unspecified atom stereocenters. The van der Waals surface area contributed by atoms with Crippen LogP contribution in [-0.4, -0.2) is 43.9 Å². The quantitative estimate of drug-likeness (QED) is 0.832. The number of aryl methyl sites for hydroxylation is 1. The Kier molecular flexibility index (Phi) is 3.01. The Hall–Kier alpha value is -2.97. The van der Waals surface area contributed by atoms with Crippen molar-refractivity contribution < 1.29 is 14.7 Å². The Morgan fingerprint density at radius 2 is 2.19 bits per heavy atom. The first-order valence-corrected chi connectivity index (χ1v) is 6.23. The molecule has 0 saturated heterocycles. The molecule has 1 aromatic carbocycles. The summed E-state index contributed by atoms with van der Waals surface area (Å²) in [7, 11) is 1.60. The largest absolute Gasteiger partial charge is 0.478 e. The van der Waals surface area contributed by atoms with Gasteiger partial charge in [0.1, 0.15) is 0 Å². The molecule has 0 fully saturated rings. The summed E-state index contributed by atoms with van der Waals surface area (Å²) in [6.07, 6.45) is 0.609. The Bertz CT molecular complexity index is 726. The molecule has 108 valence electrons. The fourth-order valence-corrected chi connectivity index (χ4v) is 2.24. The summed E-state index contributed by atoms with van der Waals surface area (Å²) >= 11 is 0. The van der Waals surface area contributed by atoms with E-state index < -0.39 is 5.97 Å². The lowest BCUT2D eigenvalue weighted by molar-refractivity contribution is 0.0697. The third kappa shape index (κ3) is 2.40. The highest BCUT2D eigenvalue weighted by Gasteiger charge is 2.26. The number of nitrogens with zero attached hydrogens (tertiary/aromatic N) is 5. The molecule has 3 rings (SSSR count). The highest BCUT2D eigenvalue weighted by atomic mass is 16.4. The molecule has 1 aromatic heterocycles. The summed E-state index contributed by atoms with van der Waals surface area (Å²) in [5, 5.41) is 22.7. The third-order valence-corrected chi connectivity index (χ3v) is 3.19. The van der Waals surface area contributed by atoms with Gasteiger partial charge in [-0.2, -0.15) is 4.80 Å². The van der Waals surface area contributed by atoms with E-state index in [0.717, 1.165) is 5.56 Å². The molecule has 1 aliphatic rings. The monoisotopic (exact) mass is 288 g/mol. The smallest absolute Gasteiger partial charge is 0.335 e. The van der Waals surface area contributed by atoms with Gasteiger partial charge in [0.25, 0.3) is 5.95 Å². The van der Waals surface area contributed by atoms with E-state index in [0.29, 0.717) is 18.7 Å². The molecule has 9 heteroatoms. The lowest BCUT2D eigenvalue weighted by atomic mass is 10.1. The Morgan fingerprint density at radius 1 is 1.38 bits per heavy atom. The van der Waals surface area contributed by atoms with Gasteiger partial charge in [0, 0.05) is 12.2 Å². The van der Waals surface area contributed by atoms with Crippen molar-refractivity contribution in [2.24, 2.45) is 7.05 Å². The first-order valence-electron chi connectivity index (χ1n) is 6.23. The number of carbonyl (C=O) groups excluding carboxylic acids is 1.